The van der Waals surface area contributed by atoms with Crippen LogP contribution < -0.4 is 0 Å². The summed E-state index contributed by atoms with van der Waals surface area (Å²) in [6.45, 7) is 47.9. The molecular formula is C84H128I3N5O20. The van der Waals surface area contributed by atoms with Gasteiger partial charge in [0.15, 0.2) is 5.79 Å². The van der Waals surface area contributed by atoms with E-state index in [0.717, 1.165) is 135 Å². The number of aliphatic hydroxyl groups excluding tert-OH is 2. The fourth-order valence-electron chi connectivity index (χ4n) is 18.7. The Balaban J connectivity index is 0.000000176. The number of alkyl halides is 3. The van der Waals surface area contributed by atoms with Crippen molar-refractivity contribution in [1.29, 1.82) is 0 Å². The first-order valence-corrected chi connectivity index (χ1v) is 46.0. The molecule has 1 spiro atoms. The molecule has 0 radical (unpaired) electrons. The summed E-state index contributed by atoms with van der Waals surface area (Å²) < 4.78 is 91.7. The lowest BCUT2D eigenvalue weighted by molar-refractivity contribution is -0.199. The Hall–Kier alpha value is -2.77. The topological polar surface area (TPSA) is 252 Å². The fourth-order valence-corrected chi connectivity index (χ4v) is 21.7. The van der Waals surface area contributed by atoms with Crippen molar-refractivity contribution in [2.75, 3.05) is 54.4 Å². The summed E-state index contributed by atoms with van der Waals surface area (Å²) in [5.41, 5.74) is -1.95. The monoisotopic (exact) mass is 1910 g/mol. The predicted molar refractivity (Wildman–Crippen MR) is 445 cm³/mol. The van der Waals surface area contributed by atoms with Crippen molar-refractivity contribution in [3.8, 4) is 0 Å². The van der Waals surface area contributed by atoms with E-state index in [1.165, 1.54) is 59.5 Å². The van der Waals surface area contributed by atoms with Gasteiger partial charge in [0, 0.05) is 144 Å². The van der Waals surface area contributed by atoms with Gasteiger partial charge in [-0.1, -0.05) is 94.0 Å². The van der Waals surface area contributed by atoms with Crippen molar-refractivity contribution >= 4 is 85.7 Å². The van der Waals surface area contributed by atoms with Crippen molar-refractivity contribution in [3.05, 3.63) is 69.2 Å². The summed E-state index contributed by atoms with van der Waals surface area (Å²) in [4.78, 5) is 51.6. The predicted octanol–water partition coefficient (Wildman–Crippen LogP) is 15.0. The number of esters is 3. The lowest BCUT2D eigenvalue weighted by Gasteiger charge is -2.41. The highest BCUT2D eigenvalue weighted by molar-refractivity contribution is 14.1. The quantitative estimate of drug-likeness (QED) is 0.0194. The highest BCUT2D eigenvalue weighted by atomic mass is 127. The Morgan fingerprint density at radius 2 is 0.804 bits per heavy atom. The minimum Gasteiger partial charge on any atom is -0.469 e. The molecule has 12 aliphatic rings. The van der Waals surface area contributed by atoms with Crippen molar-refractivity contribution < 1.29 is 95.6 Å². The number of aliphatic hydroxyl groups is 2. The summed E-state index contributed by atoms with van der Waals surface area (Å²) in [7, 11) is 4.11. The maximum absolute atomic E-state index is 11.3. The third kappa shape index (κ3) is 25.6. The van der Waals surface area contributed by atoms with Gasteiger partial charge in [0.05, 0.1) is 133 Å². The van der Waals surface area contributed by atoms with E-state index < -0.39 is 17.2 Å². The second-order valence-corrected chi connectivity index (χ2v) is 35.8. The molecule has 11 heterocycles. The van der Waals surface area contributed by atoms with Gasteiger partial charge in [-0.3, -0.25) is 9.59 Å². The van der Waals surface area contributed by atoms with Gasteiger partial charge in [0.2, 0.25) is 30.2 Å². The highest BCUT2D eigenvalue weighted by Gasteiger charge is 2.59. The van der Waals surface area contributed by atoms with Gasteiger partial charge in [0.1, 0.15) is 34.1 Å². The van der Waals surface area contributed by atoms with Gasteiger partial charge >= 0.3 is 17.9 Å². The van der Waals surface area contributed by atoms with Crippen LogP contribution in [0.15, 0.2) is 12.2 Å². The van der Waals surface area contributed by atoms with E-state index in [2.05, 4.69) is 108 Å². The molecule has 1 saturated carbocycles. The maximum atomic E-state index is 11.3. The lowest BCUT2D eigenvalue weighted by Crippen LogP contribution is -2.51. The molecule has 0 aromatic rings. The van der Waals surface area contributed by atoms with E-state index in [1.807, 2.05) is 34.6 Å². The summed E-state index contributed by atoms with van der Waals surface area (Å²) in [5.74, 6) is -1.21. The van der Waals surface area contributed by atoms with Crippen LogP contribution in [-0.4, -0.2) is 244 Å². The molecule has 28 heteroatoms. The third-order valence-electron chi connectivity index (χ3n) is 24.8. The minimum absolute atomic E-state index is 0.00421. The number of fused-ring (bicyclic) bond motifs is 5. The Morgan fingerprint density at radius 3 is 1.18 bits per heavy atom. The number of carbonyl (C=O) groups is 3. The molecule has 11 aliphatic heterocycles. The van der Waals surface area contributed by atoms with Gasteiger partial charge in [-0.2, -0.15) is 0 Å². The van der Waals surface area contributed by atoms with Crippen LogP contribution in [0.4, 0.5) is 0 Å². The molecule has 26 atom stereocenters. The molecule has 12 fully saturated rings. The standard InChI is InChI=1S/C20H30INO4.C16H24INO4.C16H26INO2.C16H25NO5.C16H23NO5/c1-14(22-2)10-15-6-7-18-19(13-21,25-15)11-16(24-18)17-12-23-20(26-17)8-4-3-5-9-20;1-11(18-2)8-12-4-6-14-16(10-17,22-12)9-13(21-14)5-7-15(19)20-3;1-4-5-6-14-10-16(11-17)15(19-14)8-7-13(20-16)9-12(2)18-3;2*1-11(17-2)8-12-4-6-14-16(10-18,22-12)9-13(21-14)5-7-15(19)20-3/h14-18H,3-13H2,1H3;11-14H,4-10H2,1,3H3;12-15H,4-11H2,1-2H3;11-14,18H,4-10H2,1,3H3;5,7,11-14,18H,4,6,8-10H2,1,3H3/b;;;;7-5+/t14-,15-,16-,17-,18+,19-;11-,12-,13+,14+,16-;12-,13-,14+,15+,16-;2*11-,12-,13+,14+,16-/m11111/s1. The molecule has 11 saturated heterocycles. The smallest absolute Gasteiger partial charge is 0.330 e. The second kappa shape index (κ2) is 45.6. The molecule has 630 valence electrons. The number of nitrogens with zero attached hydrogens (tertiary/aromatic N) is 5. The van der Waals surface area contributed by atoms with Crippen LogP contribution in [-0.2, 0) is 85.4 Å². The first kappa shape index (κ1) is 94.7. The second-order valence-electron chi connectivity index (χ2n) is 33.5. The SMILES string of the molecule is [C-]#[N+][C@H](C)C[C@H]1CC[C@@H]2O[C@@H](/C=C/C(=O)OC)C[C@]2(CO)O1.[C-]#[N+][C@H](C)C[C@H]1CC[C@@H]2O[C@@H](CCC(=O)OC)C[C@]2(CI)O1.[C-]#[N+][C@H](C)C[C@H]1CC[C@@H]2O[C@@H](CCC(=O)OC)C[C@]2(CO)O1.[C-]#[N+][C@H](C)C[C@H]1CC[C@@H]2O[C@@H](CCCC)C[C@]2(CI)O1.[C-]#[N+][C@H](C)C[C@H]1CC[C@@H]2O[C@@H]([C@H]3COC4(CCCCC4)O3)C[C@]2(CI)O1. The molecule has 25 nitrogen and oxygen atoms in total. The van der Waals surface area contributed by atoms with Crippen LogP contribution >= 0.6 is 67.8 Å². The van der Waals surface area contributed by atoms with Crippen LogP contribution in [0.3, 0.4) is 0 Å². The van der Waals surface area contributed by atoms with Crippen molar-refractivity contribution in [2.24, 2.45) is 0 Å². The maximum Gasteiger partial charge on any atom is 0.330 e. The zero-order chi connectivity index (χ0) is 81.3. The first-order chi connectivity index (χ1) is 53.8. The summed E-state index contributed by atoms with van der Waals surface area (Å²) in [5, 5.41) is 19.7. The van der Waals surface area contributed by atoms with Crippen LogP contribution in [0.5, 0.6) is 0 Å². The highest BCUT2D eigenvalue weighted by Crippen LogP contribution is 2.51. The van der Waals surface area contributed by atoms with E-state index in [-0.39, 0.29) is 170 Å². The van der Waals surface area contributed by atoms with Gasteiger partial charge in [-0.05, 0) is 102 Å². The van der Waals surface area contributed by atoms with Crippen molar-refractivity contribution in [3.63, 3.8) is 0 Å². The number of ether oxygens (including phenoxy) is 15. The van der Waals surface area contributed by atoms with E-state index >= 15 is 0 Å². The Bertz CT molecular complexity index is 3120. The van der Waals surface area contributed by atoms with Crippen molar-refractivity contribution in [1.82, 2.24) is 0 Å². The molecule has 0 aromatic heterocycles. The normalized spacial score (nSPS) is 37.8. The minimum atomic E-state index is -0.726. The number of unbranched alkanes of at least 4 members (excludes halogenated alkanes) is 1. The Labute approximate surface area is 708 Å². The van der Waals surface area contributed by atoms with E-state index in [0.29, 0.717) is 64.1 Å². The Morgan fingerprint density at radius 1 is 0.446 bits per heavy atom. The average molecular weight is 1910 g/mol. The molecule has 1 aliphatic carbocycles. The number of carbonyl (C=O) groups excluding carboxylic acids is 3. The number of rotatable bonds is 27. The number of methoxy groups -OCH3 is 3. The van der Waals surface area contributed by atoms with Gasteiger partial charge in [-0.15, -0.1) is 0 Å². The largest absolute Gasteiger partial charge is 0.469 e. The fraction of sp³-hybridized carbons (Fsp3) is 0.881. The Kier molecular flexibility index (Phi) is 38.5. The van der Waals surface area contributed by atoms with Crippen LogP contribution in [0.1, 0.15) is 247 Å². The third-order valence-corrected chi connectivity index (χ3v) is 28.7. The van der Waals surface area contributed by atoms with Crippen LogP contribution in [0, 0.1) is 32.9 Å². The van der Waals surface area contributed by atoms with E-state index in [9.17, 15) is 24.6 Å². The number of hydrogen-bond donors (Lipinski definition) is 2. The number of hydrogen-bond acceptors (Lipinski definition) is 20. The van der Waals surface area contributed by atoms with Gasteiger partial charge in [0.25, 0.3) is 0 Å². The summed E-state index contributed by atoms with van der Waals surface area (Å²) >= 11 is 7.26. The average Bonchev–Trinajstić information content (AvgIpc) is 1.62. The van der Waals surface area contributed by atoms with Crippen molar-refractivity contribution in [2.45, 2.75) is 409 Å². The molecule has 112 heavy (non-hydrogen) atoms. The summed E-state index contributed by atoms with van der Waals surface area (Å²) in [6, 6.07) is -0.0608. The lowest BCUT2D eigenvalue weighted by atomic mass is 9.85. The summed E-state index contributed by atoms with van der Waals surface area (Å²) in [6.07, 6.45) is 32.3. The molecule has 2 N–H and O–H groups in total. The van der Waals surface area contributed by atoms with Gasteiger partial charge < -0.3 is 105 Å². The molecule has 0 bridgehead atoms. The molecule has 0 aromatic carbocycles. The van der Waals surface area contributed by atoms with Crippen LogP contribution in [0.25, 0.3) is 24.2 Å². The molecule has 12 rings (SSSR count). The van der Waals surface area contributed by atoms with Crippen LogP contribution in [0.2, 0.25) is 0 Å². The molecule has 0 unspecified atom stereocenters. The zero-order valence-corrected chi connectivity index (χ0v) is 74.2. The molecular weight excluding hydrogens is 1780 g/mol. The van der Waals surface area contributed by atoms with E-state index in [4.69, 9.17) is 94.4 Å². The number of halogens is 3. The zero-order valence-electron chi connectivity index (χ0n) is 67.8. The first-order valence-electron chi connectivity index (χ1n) is 41.4. The van der Waals surface area contributed by atoms with E-state index in [1.54, 1.807) is 6.08 Å². The van der Waals surface area contributed by atoms with Gasteiger partial charge in [-0.25, -0.2) is 37.7 Å². The molecule has 0 amide bonds.